The number of sulfonamides is 1. The van der Waals surface area contributed by atoms with Gasteiger partial charge in [-0.15, -0.1) is 0 Å². The first-order chi connectivity index (χ1) is 13.4. The van der Waals surface area contributed by atoms with Crippen LogP contribution in [-0.2, 0) is 10.0 Å². The van der Waals surface area contributed by atoms with Crippen molar-refractivity contribution in [3.63, 3.8) is 0 Å². The van der Waals surface area contributed by atoms with E-state index in [-0.39, 0.29) is 28.1 Å². The maximum atomic E-state index is 13.6. The Bertz CT molecular complexity index is 1070. The number of nitrogens with zero attached hydrogens (tertiary/aromatic N) is 2. The van der Waals surface area contributed by atoms with E-state index in [2.05, 4.69) is 14.7 Å². The summed E-state index contributed by atoms with van der Waals surface area (Å²) in [6, 6.07) is 9.96. The van der Waals surface area contributed by atoms with Gasteiger partial charge in [0.2, 0.25) is 0 Å². The number of nitrogens with one attached hydrogen (secondary N) is 1. The van der Waals surface area contributed by atoms with Crippen molar-refractivity contribution in [2.45, 2.75) is 4.90 Å². The monoisotopic (exact) mass is 405 g/mol. The Morgan fingerprint density at radius 3 is 2.32 bits per heavy atom. The number of rotatable bonds is 7. The highest BCUT2D eigenvalue weighted by molar-refractivity contribution is 7.92. The zero-order valence-corrected chi connectivity index (χ0v) is 15.7. The number of anilines is 1. The first-order valence-corrected chi connectivity index (χ1v) is 9.40. The van der Waals surface area contributed by atoms with E-state index in [0.29, 0.717) is 5.75 Å². The molecule has 0 aliphatic carbocycles. The van der Waals surface area contributed by atoms with Crippen LogP contribution in [0, 0.1) is 5.82 Å². The van der Waals surface area contributed by atoms with Crippen LogP contribution in [0.15, 0.2) is 59.8 Å². The van der Waals surface area contributed by atoms with Crippen LogP contribution in [0.5, 0.6) is 23.3 Å². The van der Waals surface area contributed by atoms with Crippen molar-refractivity contribution in [1.82, 2.24) is 9.97 Å². The Morgan fingerprint density at radius 2 is 1.68 bits per heavy atom. The SMILES string of the molecule is COc1ccc(S(=O)(=O)Nc2cnc(Oc3ccccc3F)nc2)c(OC)c1. The van der Waals surface area contributed by atoms with Crippen molar-refractivity contribution in [2.75, 3.05) is 18.9 Å². The third kappa shape index (κ3) is 4.29. The van der Waals surface area contributed by atoms with Crippen molar-refractivity contribution in [3.8, 4) is 23.3 Å². The van der Waals surface area contributed by atoms with Gasteiger partial charge >= 0.3 is 6.01 Å². The Kier molecular flexibility index (Phi) is 5.59. The van der Waals surface area contributed by atoms with Crippen LogP contribution < -0.4 is 18.9 Å². The van der Waals surface area contributed by atoms with E-state index in [9.17, 15) is 12.8 Å². The lowest BCUT2D eigenvalue weighted by molar-refractivity contribution is 0.386. The lowest BCUT2D eigenvalue weighted by Gasteiger charge is -2.12. The van der Waals surface area contributed by atoms with Crippen molar-refractivity contribution < 1.29 is 27.0 Å². The standard InChI is InChI=1S/C18H16FN3O5S/c1-25-13-7-8-17(16(9-13)26-2)28(23,24)22-12-10-20-18(21-11-12)27-15-6-4-3-5-14(15)19/h3-11,22H,1-2H3. The van der Waals surface area contributed by atoms with Crippen LogP contribution in [0.3, 0.4) is 0 Å². The van der Waals surface area contributed by atoms with Crippen molar-refractivity contribution in [3.05, 3.63) is 60.7 Å². The molecule has 0 bridgehead atoms. The molecule has 146 valence electrons. The molecule has 0 aliphatic heterocycles. The van der Waals surface area contributed by atoms with Crippen LogP contribution in [0.2, 0.25) is 0 Å². The molecule has 0 aliphatic rings. The molecular formula is C18H16FN3O5S. The molecule has 0 fully saturated rings. The molecule has 10 heteroatoms. The lowest BCUT2D eigenvalue weighted by atomic mass is 10.3. The minimum Gasteiger partial charge on any atom is -0.497 e. The summed E-state index contributed by atoms with van der Waals surface area (Å²) in [5.41, 5.74) is 0.0961. The fraction of sp³-hybridized carbons (Fsp3) is 0.111. The molecule has 0 radical (unpaired) electrons. The second kappa shape index (κ2) is 8.09. The Hall–Kier alpha value is -3.40. The summed E-state index contributed by atoms with van der Waals surface area (Å²) in [5, 5.41) is 0. The van der Waals surface area contributed by atoms with E-state index >= 15 is 0 Å². The molecule has 28 heavy (non-hydrogen) atoms. The molecule has 1 aromatic heterocycles. The van der Waals surface area contributed by atoms with Gasteiger partial charge in [0.05, 0.1) is 32.3 Å². The van der Waals surface area contributed by atoms with Gasteiger partial charge in [-0.3, -0.25) is 4.72 Å². The minimum atomic E-state index is -3.97. The molecule has 0 atom stereocenters. The third-order valence-electron chi connectivity index (χ3n) is 3.58. The number of aromatic nitrogens is 2. The van der Waals surface area contributed by atoms with Crippen molar-refractivity contribution in [2.24, 2.45) is 0 Å². The molecule has 0 amide bonds. The molecule has 3 rings (SSSR count). The predicted molar refractivity (Wildman–Crippen MR) is 98.9 cm³/mol. The van der Waals surface area contributed by atoms with E-state index in [0.717, 1.165) is 0 Å². The number of ether oxygens (including phenoxy) is 3. The summed E-state index contributed by atoms with van der Waals surface area (Å²) in [5.74, 6) is -0.0395. The summed E-state index contributed by atoms with van der Waals surface area (Å²) in [7, 11) is -1.16. The smallest absolute Gasteiger partial charge is 0.322 e. The number of benzene rings is 2. The molecule has 0 saturated carbocycles. The lowest BCUT2D eigenvalue weighted by Crippen LogP contribution is -2.14. The fourth-order valence-electron chi connectivity index (χ4n) is 2.25. The van der Waals surface area contributed by atoms with Gasteiger partial charge < -0.3 is 14.2 Å². The molecule has 2 aromatic carbocycles. The van der Waals surface area contributed by atoms with E-state index in [1.54, 1.807) is 6.07 Å². The maximum absolute atomic E-state index is 13.6. The van der Waals surface area contributed by atoms with Crippen LogP contribution in [0.4, 0.5) is 10.1 Å². The van der Waals surface area contributed by atoms with E-state index in [4.69, 9.17) is 14.2 Å². The molecule has 8 nitrogen and oxygen atoms in total. The fourth-order valence-corrected chi connectivity index (χ4v) is 3.43. The number of hydrogen-bond donors (Lipinski definition) is 1. The molecule has 0 saturated heterocycles. The average molecular weight is 405 g/mol. The Balaban J connectivity index is 1.79. The van der Waals surface area contributed by atoms with Crippen molar-refractivity contribution >= 4 is 15.7 Å². The van der Waals surface area contributed by atoms with Crippen LogP contribution in [0.25, 0.3) is 0 Å². The Morgan fingerprint density at radius 1 is 0.964 bits per heavy atom. The largest absolute Gasteiger partial charge is 0.497 e. The van der Waals surface area contributed by atoms with E-state index in [1.165, 1.54) is 63.0 Å². The van der Waals surface area contributed by atoms with Gasteiger partial charge in [0, 0.05) is 6.07 Å². The Labute approximate surface area is 161 Å². The molecule has 0 unspecified atom stereocenters. The highest BCUT2D eigenvalue weighted by Crippen LogP contribution is 2.30. The van der Waals surface area contributed by atoms with Gasteiger partial charge in [-0.2, -0.15) is 0 Å². The molecular weight excluding hydrogens is 389 g/mol. The van der Waals surface area contributed by atoms with Crippen molar-refractivity contribution in [1.29, 1.82) is 0 Å². The summed E-state index contributed by atoms with van der Waals surface area (Å²) >= 11 is 0. The summed E-state index contributed by atoms with van der Waals surface area (Å²) in [6.07, 6.45) is 2.41. The number of hydrogen-bond acceptors (Lipinski definition) is 7. The van der Waals surface area contributed by atoms with Gasteiger partial charge in [0.1, 0.15) is 16.4 Å². The highest BCUT2D eigenvalue weighted by Gasteiger charge is 2.21. The quantitative estimate of drug-likeness (QED) is 0.644. The van der Waals surface area contributed by atoms with Crippen LogP contribution in [0.1, 0.15) is 0 Å². The first-order valence-electron chi connectivity index (χ1n) is 7.92. The van der Waals surface area contributed by atoms with Crippen LogP contribution >= 0.6 is 0 Å². The zero-order chi connectivity index (χ0) is 20.1. The summed E-state index contributed by atoms with van der Waals surface area (Å²) in [4.78, 5) is 7.69. The maximum Gasteiger partial charge on any atom is 0.322 e. The van der Waals surface area contributed by atoms with Gasteiger partial charge in [0.25, 0.3) is 10.0 Å². The third-order valence-corrected chi connectivity index (χ3v) is 5.00. The van der Waals surface area contributed by atoms with Gasteiger partial charge in [-0.25, -0.2) is 22.8 Å². The number of halogens is 1. The normalized spacial score (nSPS) is 11.0. The average Bonchev–Trinajstić information content (AvgIpc) is 2.70. The van der Waals surface area contributed by atoms with Gasteiger partial charge in [-0.1, -0.05) is 12.1 Å². The molecule has 0 spiro atoms. The predicted octanol–water partition coefficient (Wildman–Crippen LogP) is 3.23. The van der Waals surface area contributed by atoms with Gasteiger partial charge in [0.15, 0.2) is 11.6 Å². The molecule has 1 N–H and O–H groups in total. The van der Waals surface area contributed by atoms with Gasteiger partial charge in [-0.05, 0) is 24.3 Å². The van der Waals surface area contributed by atoms with E-state index in [1.807, 2.05) is 0 Å². The first kappa shape index (κ1) is 19.4. The molecule has 3 aromatic rings. The summed E-state index contributed by atoms with van der Waals surface area (Å²) in [6.45, 7) is 0. The second-order valence-corrected chi connectivity index (χ2v) is 7.06. The second-order valence-electron chi connectivity index (χ2n) is 5.41. The van der Waals surface area contributed by atoms with E-state index < -0.39 is 15.8 Å². The van der Waals surface area contributed by atoms with Crippen LogP contribution in [-0.4, -0.2) is 32.6 Å². The number of para-hydroxylation sites is 1. The molecule has 1 heterocycles. The topological polar surface area (TPSA) is 99.6 Å². The minimum absolute atomic E-state index is 0.0428. The summed E-state index contributed by atoms with van der Waals surface area (Å²) < 4.78 is 56.6. The highest BCUT2D eigenvalue weighted by atomic mass is 32.2. The zero-order valence-electron chi connectivity index (χ0n) is 14.9. The number of methoxy groups -OCH3 is 2.